The number of hydrogen-bond donors (Lipinski definition) is 1. The molecule has 3 heterocycles. The number of carbonyl (C=O) groups is 2. The average Bonchev–Trinajstić information content (AvgIpc) is 3.39. The van der Waals surface area contributed by atoms with Gasteiger partial charge >= 0.3 is 0 Å². The van der Waals surface area contributed by atoms with Gasteiger partial charge in [-0.3, -0.25) is 14.5 Å². The molecule has 1 amide bonds. The normalized spacial score (nSPS) is 18.3. The molecule has 2 aliphatic rings. The highest BCUT2D eigenvalue weighted by Crippen LogP contribution is 2.45. The molecule has 1 atom stereocenters. The number of Topliss-reactive ketones (excluding diaryl/α,β-unsaturated/α-hetero) is 1. The maximum absolute atomic E-state index is 13.5. The number of benzene rings is 1. The van der Waals surface area contributed by atoms with E-state index in [1.807, 2.05) is 24.3 Å². The van der Waals surface area contributed by atoms with Gasteiger partial charge in [-0.25, -0.2) is 0 Å². The highest BCUT2D eigenvalue weighted by Gasteiger charge is 2.41. The quantitative estimate of drug-likeness (QED) is 0.697. The Bertz CT molecular complexity index is 1070. The van der Waals surface area contributed by atoms with Gasteiger partial charge in [-0.15, -0.1) is 0 Å². The maximum atomic E-state index is 13.5. The van der Waals surface area contributed by atoms with Crippen LogP contribution in [0.25, 0.3) is 0 Å². The Kier molecular flexibility index (Phi) is 5.03. The summed E-state index contributed by atoms with van der Waals surface area (Å²) in [5.74, 6) is 0.452. The first-order valence-corrected chi connectivity index (χ1v) is 9.27. The van der Waals surface area contributed by atoms with E-state index in [9.17, 15) is 9.59 Å². The van der Waals surface area contributed by atoms with Gasteiger partial charge in [-0.05, 0) is 49.2 Å². The number of nitrogens with one attached hydrogen (secondary N) is 1. The predicted molar refractivity (Wildman–Crippen MR) is 103 cm³/mol. The number of nitrogens with zero attached hydrogens (tertiary/aromatic N) is 1. The van der Waals surface area contributed by atoms with E-state index in [1.54, 1.807) is 35.4 Å². The van der Waals surface area contributed by atoms with Gasteiger partial charge in [-0.1, -0.05) is 12.1 Å². The van der Waals surface area contributed by atoms with E-state index >= 15 is 0 Å². The third-order valence-corrected chi connectivity index (χ3v) is 5.20. The minimum Gasteiger partial charge on any atom is -1.00 e. The number of hydrogen-bond acceptors (Lipinski definition) is 5. The predicted octanol–water partition coefficient (Wildman–Crippen LogP) is 1.70. The second-order valence-corrected chi connectivity index (χ2v) is 6.88. The molecule has 2 aromatic heterocycles. The molecule has 7 heteroatoms. The van der Waals surface area contributed by atoms with Crippen LogP contribution >= 0.6 is 0 Å². The van der Waals surface area contributed by atoms with Gasteiger partial charge in [0.15, 0.2) is 11.5 Å². The van der Waals surface area contributed by atoms with Crippen LogP contribution in [0.2, 0.25) is 0 Å². The Morgan fingerprint density at radius 2 is 1.79 bits per heavy atom. The number of furan rings is 2. The minimum atomic E-state index is -0.661. The fraction of sp³-hybridized carbons (Fsp3) is 0.182. The van der Waals surface area contributed by atoms with Gasteiger partial charge in [0, 0.05) is 17.7 Å². The van der Waals surface area contributed by atoms with Crippen molar-refractivity contribution in [3.05, 3.63) is 83.8 Å². The lowest BCUT2D eigenvalue weighted by molar-refractivity contribution is -0.116. The molecule has 1 unspecified atom stereocenters. The second-order valence-electron chi connectivity index (χ2n) is 6.88. The smallest absolute Gasteiger partial charge is 0.294 e. The number of carbonyl (C=O) groups excluding carboxylic acids is 2. The van der Waals surface area contributed by atoms with Gasteiger partial charge in [0.25, 0.3) is 5.91 Å². The van der Waals surface area contributed by atoms with Crippen LogP contribution in [0, 0.1) is 0 Å². The molecule has 0 radical (unpaired) electrons. The third kappa shape index (κ3) is 3.15. The number of allylic oxidation sites excluding steroid dienone is 1. The summed E-state index contributed by atoms with van der Waals surface area (Å²) in [5.41, 5.74) is 2.88. The molecule has 0 saturated heterocycles. The number of anilines is 2. The van der Waals surface area contributed by atoms with E-state index in [4.69, 9.17) is 8.83 Å². The van der Waals surface area contributed by atoms with E-state index in [-0.39, 0.29) is 29.9 Å². The highest BCUT2D eigenvalue weighted by molar-refractivity contribution is 6.10. The highest BCUT2D eigenvalue weighted by atomic mass is 35.5. The van der Waals surface area contributed by atoms with Gasteiger partial charge in [0.1, 0.15) is 11.8 Å². The molecule has 1 N–H and O–H groups in total. The van der Waals surface area contributed by atoms with Crippen LogP contribution < -0.4 is 22.6 Å². The molecule has 148 valence electrons. The third-order valence-electron chi connectivity index (χ3n) is 5.20. The maximum Gasteiger partial charge on any atom is 0.294 e. The Balaban J connectivity index is 0.00000205. The van der Waals surface area contributed by atoms with Crippen molar-refractivity contribution >= 4 is 23.1 Å². The number of amides is 1. The van der Waals surface area contributed by atoms with Crippen LogP contribution in [0.3, 0.4) is 0 Å². The zero-order valence-corrected chi connectivity index (χ0v) is 16.2. The summed E-state index contributed by atoms with van der Waals surface area (Å²) < 4.78 is 11.1. The lowest BCUT2D eigenvalue weighted by Crippen LogP contribution is -3.00. The first-order valence-electron chi connectivity index (χ1n) is 9.27. The van der Waals surface area contributed by atoms with Crippen molar-refractivity contribution < 1.29 is 30.8 Å². The number of halogens is 1. The summed E-state index contributed by atoms with van der Waals surface area (Å²) >= 11 is 0. The molecule has 1 aliphatic carbocycles. The molecular weight excluding hydrogens is 392 g/mol. The van der Waals surface area contributed by atoms with Crippen LogP contribution in [-0.4, -0.2) is 11.7 Å². The monoisotopic (exact) mass is 409 g/mol. The minimum absolute atomic E-state index is 0. The van der Waals surface area contributed by atoms with Crippen molar-refractivity contribution in [1.82, 2.24) is 0 Å². The van der Waals surface area contributed by atoms with Gasteiger partial charge < -0.3 is 26.6 Å². The molecule has 0 fully saturated rings. The average molecular weight is 410 g/mol. The van der Waals surface area contributed by atoms with Crippen LogP contribution in [0.15, 0.2) is 81.2 Å². The number of rotatable bonds is 2. The zero-order valence-electron chi connectivity index (χ0n) is 15.4. The van der Waals surface area contributed by atoms with Crippen molar-refractivity contribution in [3.8, 4) is 0 Å². The largest absolute Gasteiger partial charge is 1.00 e. The van der Waals surface area contributed by atoms with Crippen molar-refractivity contribution in [2.75, 3.05) is 10.2 Å². The second kappa shape index (κ2) is 7.64. The first kappa shape index (κ1) is 19.1. The molecule has 0 saturated carbocycles. The standard InChI is InChI=1S/C22H18N2O4.ClH/c25-17-9-3-7-15-20(17)21(18-10-4-12-27-18)24(22(26)19-11-5-13-28-19)16-8-2-1-6-14(16)23-15;/h1-2,4-6,8,10-13,21,23H,3,7,9H2;1H/p-1. The van der Waals surface area contributed by atoms with Crippen LogP contribution in [0.4, 0.5) is 11.4 Å². The summed E-state index contributed by atoms with van der Waals surface area (Å²) in [6.07, 6.45) is 5.01. The number of ketones is 1. The lowest BCUT2D eigenvalue weighted by atomic mass is 9.88. The lowest BCUT2D eigenvalue weighted by Gasteiger charge is -2.31. The summed E-state index contributed by atoms with van der Waals surface area (Å²) in [6, 6.07) is 13.7. The van der Waals surface area contributed by atoms with Crippen molar-refractivity contribution in [2.24, 2.45) is 0 Å². The Hall–Kier alpha value is -3.25. The van der Waals surface area contributed by atoms with E-state index < -0.39 is 6.04 Å². The fourth-order valence-corrected chi connectivity index (χ4v) is 3.99. The molecule has 3 aromatic rings. The summed E-state index contributed by atoms with van der Waals surface area (Å²) in [5, 5.41) is 3.41. The van der Waals surface area contributed by atoms with Crippen LogP contribution in [-0.2, 0) is 4.79 Å². The molecule has 0 spiro atoms. The van der Waals surface area contributed by atoms with E-state index in [2.05, 4.69) is 5.32 Å². The Labute approximate surface area is 173 Å². The number of para-hydroxylation sites is 2. The van der Waals surface area contributed by atoms with E-state index in [1.165, 1.54) is 6.26 Å². The zero-order chi connectivity index (χ0) is 19.1. The van der Waals surface area contributed by atoms with Crippen molar-refractivity contribution in [3.63, 3.8) is 0 Å². The summed E-state index contributed by atoms with van der Waals surface area (Å²) in [4.78, 5) is 28.1. The molecule has 1 aliphatic heterocycles. The van der Waals surface area contributed by atoms with Gasteiger partial charge in [0.2, 0.25) is 0 Å². The van der Waals surface area contributed by atoms with Gasteiger partial charge in [-0.2, -0.15) is 0 Å². The van der Waals surface area contributed by atoms with Crippen LogP contribution in [0.1, 0.15) is 41.6 Å². The molecule has 5 rings (SSSR count). The SMILES string of the molecule is O=C1CCCC2=C1C(c1ccco1)N(C(=O)c1ccco1)c1ccccc1N2.[Cl-]. The summed E-state index contributed by atoms with van der Waals surface area (Å²) in [7, 11) is 0. The topological polar surface area (TPSA) is 75.7 Å². The molecular formula is C22H18ClN2O4-. The fourth-order valence-electron chi connectivity index (χ4n) is 3.99. The van der Waals surface area contributed by atoms with Crippen molar-refractivity contribution in [1.29, 1.82) is 0 Å². The Morgan fingerprint density at radius 3 is 2.55 bits per heavy atom. The van der Waals surface area contributed by atoms with Gasteiger partial charge in [0.05, 0.1) is 23.9 Å². The number of fused-ring (bicyclic) bond motifs is 1. The molecule has 6 nitrogen and oxygen atoms in total. The Morgan fingerprint density at radius 1 is 1.00 bits per heavy atom. The molecule has 29 heavy (non-hydrogen) atoms. The van der Waals surface area contributed by atoms with E-state index in [0.29, 0.717) is 23.4 Å². The van der Waals surface area contributed by atoms with Crippen LogP contribution in [0.5, 0.6) is 0 Å². The molecule has 0 bridgehead atoms. The first-order chi connectivity index (χ1) is 13.7. The summed E-state index contributed by atoms with van der Waals surface area (Å²) in [6.45, 7) is 0. The molecule has 1 aromatic carbocycles. The van der Waals surface area contributed by atoms with E-state index in [0.717, 1.165) is 24.2 Å². The van der Waals surface area contributed by atoms with Crippen molar-refractivity contribution in [2.45, 2.75) is 25.3 Å².